The fourth-order valence-electron chi connectivity index (χ4n) is 3.17. The smallest absolute Gasteiger partial charge is 0.258 e. The second-order valence-corrected chi connectivity index (χ2v) is 6.03. The topological polar surface area (TPSA) is 55.3 Å². The first-order valence-electron chi connectivity index (χ1n) is 8.18. The number of benzene rings is 2. The minimum absolute atomic E-state index is 0.0259. The molecule has 5 heteroatoms. The van der Waals surface area contributed by atoms with Crippen LogP contribution >= 0.6 is 0 Å². The first kappa shape index (κ1) is 15.3. The van der Waals surface area contributed by atoms with Gasteiger partial charge < -0.3 is 9.64 Å². The number of anilines is 1. The largest absolute Gasteiger partial charge is 0.437 e. The molecule has 0 spiro atoms. The summed E-state index contributed by atoms with van der Waals surface area (Å²) in [5, 5.41) is 0. The molecule has 0 saturated carbocycles. The van der Waals surface area contributed by atoms with Gasteiger partial charge in [0.05, 0.1) is 6.20 Å². The van der Waals surface area contributed by atoms with E-state index in [-0.39, 0.29) is 11.9 Å². The minimum Gasteiger partial charge on any atom is -0.437 e. The van der Waals surface area contributed by atoms with E-state index in [4.69, 9.17) is 4.74 Å². The Bertz CT molecular complexity index is 912. The molecule has 1 aliphatic rings. The van der Waals surface area contributed by atoms with Crippen molar-refractivity contribution in [2.24, 2.45) is 0 Å². The molecule has 1 aliphatic heterocycles. The van der Waals surface area contributed by atoms with Gasteiger partial charge in [-0.15, -0.1) is 0 Å². The number of aromatic nitrogens is 2. The Morgan fingerprint density at radius 1 is 1.16 bits per heavy atom. The van der Waals surface area contributed by atoms with Gasteiger partial charge >= 0.3 is 0 Å². The zero-order chi connectivity index (χ0) is 17.2. The fourth-order valence-corrected chi connectivity index (χ4v) is 3.17. The molecule has 1 aromatic heterocycles. The number of para-hydroxylation sites is 1. The fraction of sp³-hybridized carbons (Fsp3) is 0.150. The minimum atomic E-state index is -0.0259. The van der Waals surface area contributed by atoms with E-state index >= 15 is 0 Å². The molecule has 0 radical (unpaired) electrons. The second-order valence-electron chi connectivity index (χ2n) is 6.03. The molecule has 4 rings (SSSR count). The molecule has 5 nitrogen and oxygen atoms in total. The van der Waals surface area contributed by atoms with Crippen molar-refractivity contribution in [2.75, 3.05) is 4.90 Å². The molecule has 124 valence electrons. The monoisotopic (exact) mass is 331 g/mol. The van der Waals surface area contributed by atoms with E-state index in [1.807, 2.05) is 29.2 Å². The third kappa shape index (κ3) is 2.96. The highest BCUT2D eigenvalue weighted by Gasteiger charge is 2.31. The Morgan fingerprint density at radius 3 is 2.88 bits per heavy atom. The number of fused-ring (bicyclic) bond motifs is 1. The molecule has 1 atom stereocenters. The summed E-state index contributed by atoms with van der Waals surface area (Å²) in [6.45, 7) is 2.07. The molecule has 2 heterocycles. The number of carbonyl (C=O) groups is 1. The Morgan fingerprint density at radius 2 is 2.04 bits per heavy atom. The van der Waals surface area contributed by atoms with E-state index in [0.717, 1.165) is 12.1 Å². The van der Waals surface area contributed by atoms with Crippen molar-refractivity contribution < 1.29 is 9.53 Å². The maximum Gasteiger partial charge on any atom is 0.258 e. The average molecular weight is 331 g/mol. The molecular weight excluding hydrogens is 314 g/mol. The summed E-state index contributed by atoms with van der Waals surface area (Å²) >= 11 is 0. The van der Waals surface area contributed by atoms with Crippen molar-refractivity contribution in [3.63, 3.8) is 0 Å². The molecule has 25 heavy (non-hydrogen) atoms. The van der Waals surface area contributed by atoms with Crippen molar-refractivity contribution in [3.05, 3.63) is 78.2 Å². The first-order chi connectivity index (χ1) is 12.2. The van der Waals surface area contributed by atoms with Gasteiger partial charge in [0.2, 0.25) is 5.88 Å². The van der Waals surface area contributed by atoms with Gasteiger partial charge in [0.15, 0.2) is 0 Å². The van der Waals surface area contributed by atoms with Crippen LogP contribution in [0.2, 0.25) is 0 Å². The summed E-state index contributed by atoms with van der Waals surface area (Å²) < 4.78 is 5.68. The van der Waals surface area contributed by atoms with E-state index in [1.54, 1.807) is 30.6 Å². The molecule has 3 aromatic rings. The Labute approximate surface area is 145 Å². The zero-order valence-corrected chi connectivity index (χ0v) is 13.8. The lowest BCUT2D eigenvalue weighted by Gasteiger charge is -2.23. The summed E-state index contributed by atoms with van der Waals surface area (Å²) in [6.07, 6.45) is 5.55. The van der Waals surface area contributed by atoms with E-state index in [9.17, 15) is 4.79 Å². The Balaban J connectivity index is 1.62. The maximum absolute atomic E-state index is 13.1. The van der Waals surface area contributed by atoms with Crippen LogP contribution in [0.1, 0.15) is 22.8 Å². The number of ether oxygens (including phenoxy) is 1. The summed E-state index contributed by atoms with van der Waals surface area (Å²) in [5.41, 5.74) is 2.78. The molecule has 0 aliphatic carbocycles. The van der Waals surface area contributed by atoms with E-state index < -0.39 is 0 Å². The summed E-state index contributed by atoms with van der Waals surface area (Å²) in [6, 6.07) is 15.3. The highest BCUT2D eigenvalue weighted by atomic mass is 16.5. The van der Waals surface area contributed by atoms with Gasteiger partial charge in [0.1, 0.15) is 5.75 Å². The number of rotatable bonds is 3. The van der Waals surface area contributed by atoms with E-state index in [2.05, 4.69) is 23.0 Å². The SMILES string of the molecule is C[C@@H]1Cc2ccccc2N1C(=O)c1cccc(Oc2cnccn2)c1. The lowest BCUT2D eigenvalue weighted by Crippen LogP contribution is -2.35. The Kier molecular flexibility index (Phi) is 3.90. The molecule has 0 N–H and O–H groups in total. The highest BCUT2D eigenvalue weighted by molar-refractivity contribution is 6.08. The molecule has 0 fully saturated rings. The number of hydrogen-bond acceptors (Lipinski definition) is 4. The predicted octanol–water partition coefficient (Wildman–Crippen LogP) is 3.86. The van der Waals surface area contributed by atoms with Crippen LogP contribution in [0.4, 0.5) is 5.69 Å². The first-order valence-corrected chi connectivity index (χ1v) is 8.18. The normalized spacial score (nSPS) is 15.7. The van der Waals surface area contributed by atoms with E-state index in [0.29, 0.717) is 17.2 Å². The third-order valence-electron chi connectivity index (χ3n) is 4.27. The lowest BCUT2D eigenvalue weighted by atomic mass is 10.1. The van der Waals surface area contributed by atoms with Gasteiger partial charge in [-0.3, -0.25) is 9.78 Å². The standard InChI is InChI=1S/C20H17N3O2/c1-14-11-15-5-2-3-8-18(15)23(14)20(24)16-6-4-7-17(12-16)25-19-13-21-9-10-22-19/h2-10,12-14H,11H2,1H3/t14-/m1/s1. The van der Waals surface area contributed by atoms with E-state index in [1.165, 1.54) is 11.8 Å². The number of hydrogen-bond donors (Lipinski definition) is 0. The van der Waals surface area contributed by atoms with Crippen LogP contribution in [-0.4, -0.2) is 21.9 Å². The van der Waals surface area contributed by atoms with Crippen molar-refractivity contribution >= 4 is 11.6 Å². The maximum atomic E-state index is 13.1. The summed E-state index contributed by atoms with van der Waals surface area (Å²) in [5.74, 6) is 0.931. The molecule has 2 aromatic carbocycles. The average Bonchev–Trinajstić information content (AvgIpc) is 2.98. The quantitative estimate of drug-likeness (QED) is 0.731. The van der Waals surface area contributed by atoms with Crippen LogP contribution in [0.15, 0.2) is 67.1 Å². The number of amides is 1. The summed E-state index contributed by atoms with van der Waals surface area (Å²) in [7, 11) is 0. The number of nitrogens with zero attached hydrogens (tertiary/aromatic N) is 3. The van der Waals surface area contributed by atoms with Gasteiger partial charge in [0.25, 0.3) is 5.91 Å². The third-order valence-corrected chi connectivity index (χ3v) is 4.27. The lowest BCUT2D eigenvalue weighted by molar-refractivity contribution is 0.0981. The van der Waals surface area contributed by atoms with Crippen LogP contribution in [-0.2, 0) is 6.42 Å². The van der Waals surface area contributed by atoms with Crippen LogP contribution in [0.25, 0.3) is 0 Å². The molecule has 0 saturated heterocycles. The van der Waals surface area contributed by atoms with Crippen molar-refractivity contribution in [2.45, 2.75) is 19.4 Å². The molecule has 1 amide bonds. The van der Waals surface area contributed by atoms with Gasteiger partial charge in [0, 0.05) is 29.7 Å². The van der Waals surface area contributed by atoms with Crippen molar-refractivity contribution in [3.8, 4) is 11.6 Å². The second kappa shape index (κ2) is 6.36. The van der Waals surface area contributed by atoms with Crippen LogP contribution in [0, 0.1) is 0 Å². The van der Waals surface area contributed by atoms with Crippen LogP contribution in [0.3, 0.4) is 0 Å². The van der Waals surface area contributed by atoms with Crippen LogP contribution in [0.5, 0.6) is 11.6 Å². The van der Waals surface area contributed by atoms with Crippen molar-refractivity contribution in [1.29, 1.82) is 0 Å². The van der Waals surface area contributed by atoms with Gasteiger partial charge in [-0.05, 0) is 43.2 Å². The van der Waals surface area contributed by atoms with Gasteiger partial charge in [-0.25, -0.2) is 4.98 Å². The van der Waals surface area contributed by atoms with Gasteiger partial charge in [-0.1, -0.05) is 24.3 Å². The van der Waals surface area contributed by atoms with Crippen LogP contribution < -0.4 is 9.64 Å². The molecule has 0 bridgehead atoms. The van der Waals surface area contributed by atoms with Gasteiger partial charge in [-0.2, -0.15) is 0 Å². The van der Waals surface area contributed by atoms with Crippen molar-refractivity contribution in [1.82, 2.24) is 9.97 Å². The molecular formula is C20H17N3O2. The predicted molar refractivity (Wildman–Crippen MR) is 95.0 cm³/mol. The Hall–Kier alpha value is -3.21. The highest BCUT2D eigenvalue weighted by Crippen LogP contribution is 2.33. The summed E-state index contributed by atoms with van der Waals surface area (Å²) in [4.78, 5) is 23.0. The zero-order valence-electron chi connectivity index (χ0n) is 13.8. The molecule has 0 unspecified atom stereocenters. The number of carbonyl (C=O) groups excluding carboxylic acids is 1.